The molecule has 0 radical (unpaired) electrons. The van der Waals surface area contributed by atoms with Crippen molar-refractivity contribution >= 4 is 22.4 Å². The zero-order valence-corrected chi connectivity index (χ0v) is 11.6. The van der Waals surface area contributed by atoms with E-state index in [9.17, 15) is 4.79 Å². The lowest BCUT2D eigenvalue weighted by Crippen LogP contribution is -2.16. The molecule has 0 spiro atoms. The summed E-state index contributed by atoms with van der Waals surface area (Å²) in [5, 5.41) is 5.34. The average Bonchev–Trinajstić information content (AvgIpc) is 2.82. The van der Waals surface area contributed by atoms with Gasteiger partial charge in [0, 0.05) is 17.8 Å². The number of nitrogens with two attached hydrogens (primary N) is 1. The third kappa shape index (κ3) is 4.15. The van der Waals surface area contributed by atoms with Crippen molar-refractivity contribution in [1.29, 1.82) is 0 Å². The molecule has 0 aliphatic rings. The first kappa shape index (κ1) is 13.7. The van der Waals surface area contributed by atoms with E-state index in [1.165, 1.54) is 11.3 Å². The Bertz CT molecular complexity index is 539. The maximum absolute atomic E-state index is 11.8. The SMILES string of the molecule is Cc1csc(NC(=O)CCC(N)c2ccccc2)n1. The van der Waals surface area contributed by atoms with Crippen LogP contribution in [0, 0.1) is 6.92 Å². The fourth-order valence-electron chi connectivity index (χ4n) is 1.75. The van der Waals surface area contributed by atoms with Crippen LogP contribution in [0.15, 0.2) is 35.7 Å². The van der Waals surface area contributed by atoms with Gasteiger partial charge in [0.25, 0.3) is 0 Å². The molecule has 5 heteroatoms. The van der Waals surface area contributed by atoms with Gasteiger partial charge in [-0.2, -0.15) is 0 Å². The topological polar surface area (TPSA) is 68.0 Å². The molecular formula is C14H17N3OS. The molecule has 0 saturated carbocycles. The number of amides is 1. The lowest BCUT2D eigenvalue weighted by molar-refractivity contribution is -0.116. The summed E-state index contributed by atoms with van der Waals surface area (Å²) in [6.45, 7) is 1.90. The number of carbonyl (C=O) groups excluding carboxylic acids is 1. The number of nitrogens with zero attached hydrogens (tertiary/aromatic N) is 1. The van der Waals surface area contributed by atoms with E-state index < -0.39 is 0 Å². The van der Waals surface area contributed by atoms with Crippen molar-refractivity contribution in [3.63, 3.8) is 0 Å². The van der Waals surface area contributed by atoms with Crippen molar-refractivity contribution in [3.05, 3.63) is 47.0 Å². The minimum absolute atomic E-state index is 0.0410. The van der Waals surface area contributed by atoms with Crippen LogP contribution in [0.5, 0.6) is 0 Å². The minimum atomic E-state index is -0.106. The van der Waals surface area contributed by atoms with Gasteiger partial charge in [-0.15, -0.1) is 11.3 Å². The summed E-state index contributed by atoms with van der Waals surface area (Å²) in [6, 6.07) is 9.71. The molecule has 1 unspecified atom stereocenters. The highest BCUT2D eigenvalue weighted by Gasteiger charge is 2.10. The smallest absolute Gasteiger partial charge is 0.226 e. The van der Waals surface area contributed by atoms with Crippen LogP contribution >= 0.6 is 11.3 Å². The maximum atomic E-state index is 11.8. The summed E-state index contributed by atoms with van der Waals surface area (Å²) in [5.41, 5.74) is 8.02. The molecule has 2 rings (SSSR count). The zero-order valence-electron chi connectivity index (χ0n) is 10.8. The van der Waals surface area contributed by atoms with Gasteiger partial charge in [0.05, 0.1) is 5.69 Å². The monoisotopic (exact) mass is 275 g/mol. The molecule has 0 fully saturated rings. The van der Waals surface area contributed by atoms with Crippen LogP contribution in [0.3, 0.4) is 0 Å². The standard InChI is InChI=1S/C14H17N3OS/c1-10-9-19-14(16-10)17-13(18)8-7-12(15)11-5-3-2-4-6-11/h2-6,9,12H,7-8,15H2,1H3,(H,16,17,18). The van der Waals surface area contributed by atoms with Crippen molar-refractivity contribution in [2.75, 3.05) is 5.32 Å². The Kier molecular flexibility index (Phi) is 4.65. The van der Waals surface area contributed by atoms with E-state index in [1.807, 2.05) is 42.6 Å². The summed E-state index contributed by atoms with van der Waals surface area (Å²) in [5.74, 6) is -0.0410. The Morgan fingerprint density at radius 2 is 2.16 bits per heavy atom. The molecule has 0 bridgehead atoms. The average molecular weight is 275 g/mol. The molecule has 1 aromatic carbocycles. The summed E-state index contributed by atoms with van der Waals surface area (Å²) >= 11 is 1.43. The highest BCUT2D eigenvalue weighted by atomic mass is 32.1. The number of benzene rings is 1. The van der Waals surface area contributed by atoms with E-state index >= 15 is 0 Å². The van der Waals surface area contributed by atoms with Gasteiger partial charge in [0.1, 0.15) is 0 Å². The number of nitrogens with one attached hydrogen (secondary N) is 1. The molecule has 0 saturated heterocycles. The van der Waals surface area contributed by atoms with Crippen LogP contribution in [0.1, 0.15) is 30.1 Å². The van der Waals surface area contributed by atoms with Gasteiger partial charge in [-0.1, -0.05) is 30.3 Å². The zero-order chi connectivity index (χ0) is 13.7. The van der Waals surface area contributed by atoms with Gasteiger partial charge in [0.15, 0.2) is 5.13 Å². The fourth-order valence-corrected chi connectivity index (χ4v) is 2.45. The first-order chi connectivity index (χ1) is 9.15. The highest BCUT2D eigenvalue weighted by molar-refractivity contribution is 7.13. The molecule has 2 aromatic rings. The Morgan fingerprint density at radius 3 is 2.79 bits per heavy atom. The van der Waals surface area contributed by atoms with Gasteiger partial charge in [0.2, 0.25) is 5.91 Å². The predicted octanol–water partition coefficient (Wildman–Crippen LogP) is 2.87. The maximum Gasteiger partial charge on any atom is 0.226 e. The van der Waals surface area contributed by atoms with Crippen molar-refractivity contribution in [1.82, 2.24) is 4.98 Å². The Hall–Kier alpha value is -1.72. The second-order valence-electron chi connectivity index (χ2n) is 4.40. The molecular weight excluding hydrogens is 258 g/mol. The number of carbonyl (C=O) groups is 1. The van der Waals surface area contributed by atoms with Crippen molar-refractivity contribution in [3.8, 4) is 0 Å². The second kappa shape index (κ2) is 6.45. The molecule has 19 heavy (non-hydrogen) atoms. The number of aryl methyl sites for hydroxylation is 1. The quantitative estimate of drug-likeness (QED) is 0.881. The first-order valence-corrected chi connectivity index (χ1v) is 7.05. The summed E-state index contributed by atoms with van der Waals surface area (Å²) in [7, 11) is 0. The van der Waals surface area contributed by atoms with Crippen molar-refractivity contribution in [2.24, 2.45) is 5.73 Å². The molecule has 3 N–H and O–H groups in total. The minimum Gasteiger partial charge on any atom is -0.324 e. The summed E-state index contributed by atoms with van der Waals surface area (Å²) in [4.78, 5) is 15.9. The lowest BCUT2D eigenvalue weighted by atomic mass is 10.0. The van der Waals surface area contributed by atoms with Crippen molar-refractivity contribution in [2.45, 2.75) is 25.8 Å². The lowest BCUT2D eigenvalue weighted by Gasteiger charge is -2.11. The van der Waals surface area contributed by atoms with Crippen LogP contribution in [0.2, 0.25) is 0 Å². The fraction of sp³-hybridized carbons (Fsp3) is 0.286. The third-order valence-corrected chi connectivity index (χ3v) is 3.65. The van der Waals surface area contributed by atoms with Crippen LogP contribution in [-0.2, 0) is 4.79 Å². The number of thiazole rings is 1. The van der Waals surface area contributed by atoms with E-state index in [4.69, 9.17) is 5.73 Å². The van der Waals surface area contributed by atoms with E-state index in [0.29, 0.717) is 18.0 Å². The summed E-state index contributed by atoms with van der Waals surface area (Å²) in [6.07, 6.45) is 1.02. The van der Waals surface area contributed by atoms with Crippen LogP contribution in [-0.4, -0.2) is 10.9 Å². The largest absolute Gasteiger partial charge is 0.324 e. The van der Waals surface area contributed by atoms with E-state index in [-0.39, 0.29) is 11.9 Å². The molecule has 1 heterocycles. The molecule has 1 amide bonds. The Balaban J connectivity index is 1.80. The second-order valence-corrected chi connectivity index (χ2v) is 5.26. The highest BCUT2D eigenvalue weighted by Crippen LogP contribution is 2.17. The Morgan fingerprint density at radius 1 is 1.42 bits per heavy atom. The Labute approximate surface area is 116 Å². The number of rotatable bonds is 5. The predicted molar refractivity (Wildman–Crippen MR) is 78.1 cm³/mol. The van der Waals surface area contributed by atoms with Gasteiger partial charge >= 0.3 is 0 Å². The number of hydrogen-bond acceptors (Lipinski definition) is 4. The van der Waals surface area contributed by atoms with Gasteiger partial charge in [-0.05, 0) is 18.9 Å². The van der Waals surface area contributed by atoms with E-state index in [1.54, 1.807) is 0 Å². The van der Waals surface area contributed by atoms with E-state index in [0.717, 1.165) is 11.3 Å². The van der Waals surface area contributed by atoms with Crippen molar-refractivity contribution < 1.29 is 4.79 Å². The van der Waals surface area contributed by atoms with Gasteiger partial charge in [-0.3, -0.25) is 4.79 Å². The molecule has 0 aliphatic heterocycles. The number of anilines is 1. The molecule has 4 nitrogen and oxygen atoms in total. The molecule has 100 valence electrons. The normalized spacial score (nSPS) is 12.1. The van der Waals surface area contributed by atoms with Gasteiger partial charge < -0.3 is 11.1 Å². The number of aromatic nitrogens is 1. The van der Waals surface area contributed by atoms with Crippen LogP contribution in [0.4, 0.5) is 5.13 Å². The third-order valence-electron chi connectivity index (χ3n) is 2.78. The first-order valence-electron chi connectivity index (χ1n) is 6.17. The van der Waals surface area contributed by atoms with Crippen LogP contribution in [0.25, 0.3) is 0 Å². The van der Waals surface area contributed by atoms with Crippen LogP contribution < -0.4 is 11.1 Å². The van der Waals surface area contributed by atoms with Gasteiger partial charge in [-0.25, -0.2) is 4.98 Å². The number of hydrogen-bond donors (Lipinski definition) is 2. The van der Waals surface area contributed by atoms with E-state index in [2.05, 4.69) is 10.3 Å². The molecule has 1 aromatic heterocycles. The molecule has 1 atom stereocenters. The summed E-state index contributed by atoms with van der Waals surface area (Å²) < 4.78 is 0. The molecule has 0 aliphatic carbocycles.